The Hall–Kier alpha value is 0.530. The second-order valence-corrected chi connectivity index (χ2v) is 6.17. The van der Waals surface area contributed by atoms with E-state index in [0.29, 0.717) is 6.42 Å². The van der Waals surface area contributed by atoms with Crippen LogP contribution in [0.4, 0.5) is 0 Å². The molecule has 0 spiro atoms. The first-order valence-electron chi connectivity index (χ1n) is 2.83. The molecule has 1 aliphatic rings. The van der Waals surface area contributed by atoms with Gasteiger partial charge < -0.3 is 4.79 Å². The zero-order chi connectivity index (χ0) is 7.61. The maximum Gasteiger partial charge on any atom is 0.122 e. The second-order valence-electron chi connectivity index (χ2n) is 2.07. The molecule has 0 aliphatic carbocycles. The highest BCUT2D eigenvalue weighted by molar-refractivity contribution is 9.12. The van der Waals surface area contributed by atoms with Gasteiger partial charge in [0.2, 0.25) is 0 Å². The maximum absolute atomic E-state index is 10.2. The number of allylic oxidation sites excluding steroid dienone is 1. The fourth-order valence-corrected chi connectivity index (χ4v) is 3.19. The summed E-state index contributed by atoms with van der Waals surface area (Å²) >= 11 is 10.7. The molecule has 1 aliphatic heterocycles. The van der Waals surface area contributed by atoms with E-state index in [1.165, 1.54) is 11.8 Å². The van der Waals surface area contributed by atoms with E-state index in [1.54, 1.807) is 0 Å². The fourth-order valence-electron chi connectivity index (χ4n) is 0.740. The summed E-state index contributed by atoms with van der Waals surface area (Å²) < 4.78 is 0.630. The molecule has 0 aromatic rings. The predicted molar refractivity (Wildman–Crippen MR) is 48.5 cm³/mol. The zero-order valence-electron chi connectivity index (χ0n) is 5.14. The normalized spacial score (nSPS) is 32.0. The molecule has 56 valence electrons. The van der Waals surface area contributed by atoms with Crippen molar-refractivity contribution >= 4 is 45.6 Å². The van der Waals surface area contributed by atoms with Gasteiger partial charge in [-0.2, -0.15) is 0 Å². The lowest BCUT2D eigenvalue weighted by molar-refractivity contribution is -0.107. The third kappa shape index (κ3) is 2.01. The SMILES string of the molecule is O=CCC1(Br)CC=C(Cl)S1. The summed E-state index contributed by atoms with van der Waals surface area (Å²) in [5.74, 6) is 0. The highest BCUT2D eigenvalue weighted by Gasteiger charge is 2.31. The van der Waals surface area contributed by atoms with Crippen LogP contribution in [0.25, 0.3) is 0 Å². The van der Waals surface area contributed by atoms with Crippen molar-refractivity contribution in [2.24, 2.45) is 0 Å². The molecule has 1 nitrogen and oxygen atoms in total. The predicted octanol–water partition coefficient (Wildman–Crippen LogP) is 2.88. The van der Waals surface area contributed by atoms with Crippen LogP contribution in [0.2, 0.25) is 0 Å². The van der Waals surface area contributed by atoms with Crippen LogP contribution < -0.4 is 0 Å². The van der Waals surface area contributed by atoms with Crippen LogP contribution in [-0.2, 0) is 4.79 Å². The summed E-state index contributed by atoms with van der Waals surface area (Å²) in [5, 5.41) is 0. The van der Waals surface area contributed by atoms with Gasteiger partial charge in [0.15, 0.2) is 0 Å². The lowest BCUT2D eigenvalue weighted by atomic mass is 10.2. The number of hydrogen-bond donors (Lipinski definition) is 0. The van der Waals surface area contributed by atoms with Crippen LogP contribution in [0.1, 0.15) is 12.8 Å². The molecule has 0 N–H and O–H groups in total. The molecular formula is C6H6BrClOS. The van der Waals surface area contributed by atoms with Crippen molar-refractivity contribution in [3.8, 4) is 0 Å². The number of carbonyl (C=O) groups excluding carboxylic acids is 1. The largest absolute Gasteiger partial charge is 0.303 e. The molecule has 0 bridgehead atoms. The van der Waals surface area contributed by atoms with Gasteiger partial charge in [0.05, 0.1) is 8.02 Å². The van der Waals surface area contributed by atoms with Crippen LogP contribution in [-0.4, -0.2) is 9.94 Å². The zero-order valence-corrected chi connectivity index (χ0v) is 8.30. The molecule has 0 fully saturated rings. The van der Waals surface area contributed by atoms with Crippen molar-refractivity contribution in [2.75, 3.05) is 0 Å². The van der Waals surface area contributed by atoms with Gasteiger partial charge in [-0.05, 0) is 6.42 Å². The first kappa shape index (κ1) is 8.62. The minimum Gasteiger partial charge on any atom is -0.303 e. The molecule has 0 aromatic heterocycles. The number of rotatable bonds is 2. The van der Waals surface area contributed by atoms with E-state index in [-0.39, 0.29) is 3.66 Å². The van der Waals surface area contributed by atoms with E-state index >= 15 is 0 Å². The number of carbonyl (C=O) groups is 1. The van der Waals surface area contributed by atoms with Gasteiger partial charge in [-0.25, -0.2) is 0 Å². The fraction of sp³-hybridized carbons (Fsp3) is 0.500. The van der Waals surface area contributed by atoms with Gasteiger partial charge in [-0.3, -0.25) is 0 Å². The third-order valence-corrected chi connectivity index (χ3v) is 3.82. The minimum absolute atomic E-state index is 0.147. The molecule has 1 heterocycles. The topological polar surface area (TPSA) is 17.1 Å². The summed E-state index contributed by atoms with van der Waals surface area (Å²) in [6.07, 6.45) is 4.16. The Bertz CT molecular complexity index is 183. The van der Waals surface area contributed by atoms with Gasteiger partial charge in [-0.15, -0.1) is 0 Å². The quantitative estimate of drug-likeness (QED) is 0.546. The Balaban J connectivity index is 2.51. The molecule has 0 saturated heterocycles. The van der Waals surface area contributed by atoms with Gasteiger partial charge in [0, 0.05) is 6.42 Å². The highest BCUT2D eigenvalue weighted by atomic mass is 79.9. The van der Waals surface area contributed by atoms with E-state index in [2.05, 4.69) is 15.9 Å². The summed E-state index contributed by atoms with van der Waals surface area (Å²) in [7, 11) is 0. The first-order chi connectivity index (χ1) is 4.66. The molecule has 0 saturated carbocycles. The summed E-state index contributed by atoms with van der Waals surface area (Å²) in [5.41, 5.74) is 0. The Kier molecular flexibility index (Phi) is 2.83. The van der Waals surface area contributed by atoms with Gasteiger partial charge in [0.1, 0.15) is 6.29 Å². The summed E-state index contributed by atoms with van der Waals surface area (Å²) in [6, 6.07) is 0. The standard InChI is InChI=1S/C6H6BrClOS/c7-6(3-4-9)2-1-5(8)10-6/h1,4H,2-3H2. The van der Waals surface area contributed by atoms with E-state index in [9.17, 15) is 4.79 Å². The Morgan fingerprint density at radius 2 is 2.70 bits per heavy atom. The monoisotopic (exact) mass is 240 g/mol. The van der Waals surface area contributed by atoms with Crippen molar-refractivity contribution in [3.63, 3.8) is 0 Å². The lowest BCUT2D eigenvalue weighted by Gasteiger charge is -2.15. The smallest absolute Gasteiger partial charge is 0.122 e. The number of halogens is 2. The van der Waals surface area contributed by atoms with E-state index < -0.39 is 0 Å². The minimum atomic E-state index is -0.147. The molecule has 0 amide bonds. The van der Waals surface area contributed by atoms with E-state index in [0.717, 1.165) is 17.1 Å². The molecular weight excluding hydrogens is 235 g/mol. The van der Waals surface area contributed by atoms with Crippen LogP contribution in [0.5, 0.6) is 0 Å². The third-order valence-electron chi connectivity index (χ3n) is 1.24. The highest BCUT2D eigenvalue weighted by Crippen LogP contribution is 2.49. The van der Waals surface area contributed by atoms with Gasteiger partial charge in [-0.1, -0.05) is 45.4 Å². The average molecular weight is 242 g/mol. The van der Waals surface area contributed by atoms with Crippen molar-refractivity contribution < 1.29 is 4.79 Å². The lowest BCUT2D eigenvalue weighted by Crippen LogP contribution is -2.11. The Morgan fingerprint density at radius 3 is 3.10 bits per heavy atom. The number of thioether (sulfide) groups is 1. The number of alkyl halides is 1. The van der Waals surface area contributed by atoms with Crippen molar-refractivity contribution in [2.45, 2.75) is 16.5 Å². The molecule has 4 heteroatoms. The Morgan fingerprint density at radius 1 is 2.00 bits per heavy atom. The molecule has 0 aromatic carbocycles. The van der Waals surface area contributed by atoms with Gasteiger partial charge in [0.25, 0.3) is 0 Å². The second kappa shape index (κ2) is 3.28. The number of aldehydes is 1. The molecule has 1 atom stereocenters. The Labute approximate surface area is 77.3 Å². The van der Waals surface area contributed by atoms with Gasteiger partial charge >= 0.3 is 0 Å². The van der Waals surface area contributed by atoms with Crippen LogP contribution in [0.15, 0.2) is 10.4 Å². The van der Waals surface area contributed by atoms with Crippen molar-refractivity contribution in [3.05, 3.63) is 10.4 Å². The number of hydrogen-bond acceptors (Lipinski definition) is 2. The van der Waals surface area contributed by atoms with Crippen LogP contribution in [0, 0.1) is 0 Å². The van der Waals surface area contributed by atoms with Crippen LogP contribution in [0.3, 0.4) is 0 Å². The molecule has 0 radical (unpaired) electrons. The van der Waals surface area contributed by atoms with Crippen LogP contribution >= 0.6 is 39.3 Å². The average Bonchev–Trinajstić information content (AvgIpc) is 2.12. The van der Waals surface area contributed by atoms with E-state index in [1.807, 2.05) is 6.08 Å². The summed E-state index contributed by atoms with van der Waals surface area (Å²) in [4.78, 5) is 10.2. The molecule has 1 unspecified atom stereocenters. The molecule has 1 rings (SSSR count). The molecule has 10 heavy (non-hydrogen) atoms. The van der Waals surface area contributed by atoms with Crippen molar-refractivity contribution in [1.29, 1.82) is 0 Å². The maximum atomic E-state index is 10.2. The van der Waals surface area contributed by atoms with Crippen molar-refractivity contribution in [1.82, 2.24) is 0 Å². The summed E-state index contributed by atoms with van der Waals surface area (Å²) in [6.45, 7) is 0. The van der Waals surface area contributed by atoms with E-state index in [4.69, 9.17) is 11.6 Å². The first-order valence-corrected chi connectivity index (χ1v) is 4.82.